The number of ether oxygens (including phenoxy) is 1. The van der Waals surface area contributed by atoms with Gasteiger partial charge in [-0.2, -0.15) is 0 Å². The molecule has 0 N–H and O–H groups in total. The van der Waals surface area contributed by atoms with Crippen molar-refractivity contribution in [1.29, 1.82) is 0 Å². The summed E-state index contributed by atoms with van der Waals surface area (Å²) in [7, 11) is 0. The molecule has 3 heteroatoms. The Labute approximate surface area is 375 Å². The van der Waals surface area contributed by atoms with Crippen LogP contribution in [0, 0.1) is 0 Å². The fourth-order valence-corrected chi connectivity index (χ4v) is 12.5. The molecule has 10 aromatic carbocycles. The lowest BCUT2D eigenvalue weighted by Crippen LogP contribution is -2.29. The molecule has 64 heavy (non-hydrogen) atoms. The molecule has 0 fully saturated rings. The van der Waals surface area contributed by atoms with Crippen molar-refractivity contribution in [3.63, 3.8) is 0 Å². The zero-order valence-electron chi connectivity index (χ0n) is 34.6. The standard InChI is InChI=1S/C61H37NOS/c1-2-16-38(17-3-1)62(39-30-32-43-45-21-8-13-27-55(45)63-56-28-14-9-22-46(56)49(43)36-39)40-31-33-53-50(37-40)42-19-5-4-18-41(42)44-20-6-11-25-51(44)61(53)52-26-12-7-23-47(52)59-54(61)34-35-58-60(59)48-24-10-15-29-57(48)64-58/h1-37H. The molecule has 14 rings (SSSR count). The maximum absolute atomic E-state index is 6.61. The van der Waals surface area contributed by atoms with Crippen LogP contribution in [0.2, 0.25) is 0 Å². The Morgan fingerprint density at radius 1 is 0.328 bits per heavy atom. The van der Waals surface area contributed by atoms with Gasteiger partial charge >= 0.3 is 0 Å². The molecule has 1 unspecified atom stereocenters. The van der Waals surface area contributed by atoms with Crippen molar-refractivity contribution < 1.29 is 4.74 Å². The summed E-state index contributed by atoms with van der Waals surface area (Å²) in [6.45, 7) is 0. The van der Waals surface area contributed by atoms with Gasteiger partial charge in [0.05, 0.1) is 5.41 Å². The molecule has 0 saturated heterocycles. The summed E-state index contributed by atoms with van der Waals surface area (Å²) in [5.41, 5.74) is 20.0. The van der Waals surface area contributed by atoms with E-state index in [0.29, 0.717) is 0 Å². The summed E-state index contributed by atoms with van der Waals surface area (Å²) >= 11 is 1.89. The number of benzene rings is 10. The molecule has 0 bridgehead atoms. The molecule has 2 aliphatic carbocycles. The van der Waals surface area contributed by atoms with Crippen molar-refractivity contribution in [2.75, 3.05) is 4.90 Å². The van der Waals surface area contributed by atoms with Gasteiger partial charge in [0, 0.05) is 48.4 Å². The molecule has 0 radical (unpaired) electrons. The molecule has 0 amide bonds. The van der Waals surface area contributed by atoms with E-state index in [-0.39, 0.29) is 0 Å². The van der Waals surface area contributed by atoms with Gasteiger partial charge in [-0.25, -0.2) is 0 Å². The van der Waals surface area contributed by atoms with Crippen LogP contribution >= 0.6 is 11.3 Å². The van der Waals surface area contributed by atoms with E-state index in [1.807, 2.05) is 17.4 Å². The second-order valence-corrected chi connectivity index (χ2v) is 18.2. The first kappa shape index (κ1) is 35.6. The third kappa shape index (κ3) is 4.85. The van der Waals surface area contributed by atoms with Crippen LogP contribution in [0.4, 0.5) is 17.1 Å². The Balaban J connectivity index is 1.07. The molecular weight excluding hydrogens is 795 g/mol. The summed E-state index contributed by atoms with van der Waals surface area (Å²) in [6.07, 6.45) is 0. The zero-order valence-corrected chi connectivity index (χ0v) is 35.4. The highest BCUT2D eigenvalue weighted by molar-refractivity contribution is 7.26. The van der Waals surface area contributed by atoms with Crippen LogP contribution < -0.4 is 9.64 Å². The Morgan fingerprint density at radius 3 is 1.61 bits per heavy atom. The van der Waals surface area contributed by atoms with Crippen molar-refractivity contribution >= 4 is 48.6 Å². The molecule has 2 nitrogen and oxygen atoms in total. The molecule has 1 spiro atoms. The van der Waals surface area contributed by atoms with Gasteiger partial charge in [0.25, 0.3) is 0 Å². The number of thiophene rings is 1. The van der Waals surface area contributed by atoms with Gasteiger partial charge in [-0.15, -0.1) is 11.3 Å². The number of nitrogens with zero attached hydrogens (tertiary/aromatic N) is 1. The monoisotopic (exact) mass is 831 g/mol. The Bertz CT molecular complexity index is 3730. The Hall–Kier alpha value is -7.98. The summed E-state index contributed by atoms with van der Waals surface area (Å²) in [4.78, 5) is 2.42. The lowest BCUT2D eigenvalue weighted by molar-refractivity contribution is 0.488. The van der Waals surface area contributed by atoms with Crippen LogP contribution in [-0.2, 0) is 5.41 Å². The smallest absolute Gasteiger partial charge is 0.135 e. The van der Waals surface area contributed by atoms with E-state index in [4.69, 9.17) is 4.74 Å². The number of hydrogen-bond donors (Lipinski definition) is 0. The van der Waals surface area contributed by atoms with Crippen molar-refractivity contribution in [3.05, 3.63) is 247 Å². The fraction of sp³-hybridized carbons (Fsp3) is 0.0164. The number of rotatable bonds is 3. The van der Waals surface area contributed by atoms with Crippen LogP contribution in [-0.4, -0.2) is 0 Å². The molecule has 3 aliphatic rings. The maximum atomic E-state index is 6.61. The van der Waals surface area contributed by atoms with E-state index in [9.17, 15) is 0 Å². The molecule has 2 heterocycles. The van der Waals surface area contributed by atoms with Gasteiger partial charge < -0.3 is 9.64 Å². The molecular formula is C61H37NOS. The molecule has 0 saturated carbocycles. The van der Waals surface area contributed by atoms with Crippen LogP contribution in [0.5, 0.6) is 11.5 Å². The van der Waals surface area contributed by atoms with Crippen LogP contribution in [0.15, 0.2) is 224 Å². The first-order valence-corrected chi connectivity index (χ1v) is 22.8. The first-order chi connectivity index (χ1) is 31.8. The third-order valence-corrected chi connectivity index (χ3v) is 15.0. The SMILES string of the molecule is c1ccc(N(c2ccc3c(c2)-c2ccccc2Oc2ccccc2-3)c2ccc3c(c2)-c2ccccc2-c2ccccc2C32c3ccccc3-c3c2ccc2sc4ccccc4c32)cc1. The van der Waals surface area contributed by atoms with Crippen molar-refractivity contribution in [2.24, 2.45) is 0 Å². The normalized spacial score (nSPS) is 14.8. The van der Waals surface area contributed by atoms with Crippen molar-refractivity contribution in [3.8, 4) is 67.1 Å². The topological polar surface area (TPSA) is 12.5 Å². The number of para-hydroxylation sites is 3. The Morgan fingerprint density at radius 2 is 0.844 bits per heavy atom. The van der Waals surface area contributed by atoms with Gasteiger partial charge in [-0.1, -0.05) is 164 Å². The fourth-order valence-electron chi connectivity index (χ4n) is 11.4. The van der Waals surface area contributed by atoms with E-state index in [1.54, 1.807) is 0 Å². The first-order valence-electron chi connectivity index (χ1n) is 22.0. The van der Waals surface area contributed by atoms with Gasteiger partial charge in [0.2, 0.25) is 0 Å². The lowest BCUT2D eigenvalue weighted by atomic mass is 9.66. The highest BCUT2D eigenvalue weighted by atomic mass is 32.1. The van der Waals surface area contributed by atoms with Gasteiger partial charge in [0.1, 0.15) is 11.5 Å². The largest absolute Gasteiger partial charge is 0.456 e. The minimum absolute atomic E-state index is 0.592. The predicted octanol–water partition coefficient (Wildman–Crippen LogP) is 17.0. The van der Waals surface area contributed by atoms with E-state index < -0.39 is 5.41 Å². The van der Waals surface area contributed by atoms with Crippen LogP contribution in [0.3, 0.4) is 0 Å². The Kier molecular flexibility index (Phi) is 7.51. The zero-order chi connectivity index (χ0) is 41.9. The molecule has 1 aromatic heterocycles. The average Bonchev–Trinajstić information content (AvgIpc) is 3.80. The number of fused-ring (bicyclic) bond motifs is 21. The summed E-state index contributed by atoms with van der Waals surface area (Å²) in [6, 6.07) is 82.9. The van der Waals surface area contributed by atoms with Gasteiger partial charge in [-0.05, 0) is 127 Å². The number of hydrogen-bond acceptors (Lipinski definition) is 3. The summed E-state index contributed by atoms with van der Waals surface area (Å²) < 4.78 is 9.26. The van der Waals surface area contributed by atoms with Gasteiger partial charge in [0.15, 0.2) is 0 Å². The third-order valence-electron chi connectivity index (χ3n) is 13.9. The van der Waals surface area contributed by atoms with E-state index in [2.05, 4.69) is 223 Å². The predicted molar refractivity (Wildman–Crippen MR) is 267 cm³/mol. The highest BCUT2D eigenvalue weighted by Gasteiger charge is 2.50. The second kappa shape index (κ2) is 13.5. The van der Waals surface area contributed by atoms with Gasteiger partial charge in [-0.3, -0.25) is 0 Å². The molecule has 298 valence electrons. The van der Waals surface area contributed by atoms with Crippen LogP contribution in [0.25, 0.3) is 75.8 Å². The average molecular weight is 832 g/mol. The highest BCUT2D eigenvalue weighted by Crippen LogP contribution is 2.64. The molecule has 1 aliphatic heterocycles. The molecule has 1 atom stereocenters. The number of anilines is 3. The summed E-state index contributed by atoms with van der Waals surface area (Å²) in [5.74, 6) is 1.72. The summed E-state index contributed by atoms with van der Waals surface area (Å²) in [5, 5.41) is 2.68. The van der Waals surface area contributed by atoms with E-state index >= 15 is 0 Å². The minimum Gasteiger partial charge on any atom is -0.456 e. The van der Waals surface area contributed by atoms with Crippen molar-refractivity contribution in [2.45, 2.75) is 5.41 Å². The maximum Gasteiger partial charge on any atom is 0.135 e. The molecule has 11 aromatic rings. The van der Waals surface area contributed by atoms with E-state index in [1.165, 1.54) is 75.8 Å². The van der Waals surface area contributed by atoms with E-state index in [0.717, 1.165) is 50.8 Å². The minimum atomic E-state index is -0.592. The second-order valence-electron chi connectivity index (χ2n) is 17.1. The van der Waals surface area contributed by atoms with Crippen molar-refractivity contribution in [1.82, 2.24) is 0 Å². The lowest BCUT2D eigenvalue weighted by Gasteiger charge is -2.36. The quantitative estimate of drug-likeness (QED) is 0.176. The van der Waals surface area contributed by atoms with Crippen LogP contribution in [0.1, 0.15) is 22.3 Å².